The molecule has 2 saturated heterocycles. The minimum absolute atomic E-state index is 0.0187. The van der Waals surface area contributed by atoms with Crippen LogP contribution in [0.5, 0.6) is 28.7 Å². The van der Waals surface area contributed by atoms with E-state index in [1.54, 1.807) is 13.0 Å². The molecule has 48 heavy (non-hydrogen) atoms. The number of halogens is 1. The van der Waals surface area contributed by atoms with Crippen LogP contribution in [0.4, 0.5) is 0 Å². The molecule has 258 valence electrons. The van der Waals surface area contributed by atoms with E-state index < -0.39 is 34.8 Å². The van der Waals surface area contributed by atoms with Crippen molar-refractivity contribution < 1.29 is 43.5 Å². The third-order valence-corrected chi connectivity index (χ3v) is 11.0. The number of fused-ring (bicyclic) bond motifs is 2. The van der Waals surface area contributed by atoms with Crippen molar-refractivity contribution in [3.63, 3.8) is 0 Å². The number of Topliss-reactive ketones (excluding diaryl/α,β-unsaturated/α-hetero) is 2. The van der Waals surface area contributed by atoms with Crippen molar-refractivity contribution in [2.75, 3.05) is 41.0 Å². The predicted molar refractivity (Wildman–Crippen MR) is 178 cm³/mol. The van der Waals surface area contributed by atoms with Gasteiger partial charge < -0.3 is 39.4 Å². The molecule has 1 amide bonds. The van der Waals surface area contributed by atoms with Crippen molar-refractivity contribution in [2.24, 2.45) is 11.8 Å². The summed E-state index contributed by atoms with van der Waals surface area (Å²) in [4.78, 5) is 44.6. The Labute approximate surface area is 285 Å². The molecule has 1 spiro atoms. The molecule has 5 atom stereocenters. The zero-order valence-corrected chi connectivity index (χ0v) is 28.5. The Balaban J connectivity index is 1.39. The van der Waals surface area contributed by atoms with Crippen LogP contribution in [0.15, 0.2) is 35.6 Å². The van der Waals surface area contributed by atoms with E-state index in [4.69, 9.17) is 30.5 Å². The standard InChI is InChI=1S/C36H43ClN2O9/c1-19-14-25(41)30(34(43)36(19)35(44)31-27(46-3)17-28(47-4)32(37)33(31)48-36)22(20-10-11-24(40)26(15-20)45-2)16-29(42)38-18-21-8-7-13-39-12-6-5-9-23(21)39/h10-11,15,17,19,21-23,40,43H,5-9,12-14,16,18H2,1-4H3,(H,38,42). The number of ether oxygens (including phenoxy) is 4. The molecule has 12 heteroatoms. The molecule has 2 fully saturated rings. The number of rotatable bonds is 9. The quantitative estimate of drug-likeness (QED) is 0.316. The molecule has 1 aliphatic carbocycles. The number of ketones is 2. The lowest BCUT2D eigenvalue weighted by Gasteiger charge is -2.44. The Bertz CT molecular complexity index is 1660. The maximum atomic E-state index is 14.4. The highest BCUT2D eigenvalue weighted by Gasteiger charge is 2.61. The van der Waals surface area contributed by atoms with Crippen molar-refractivity contribution >= 4 is 29.1 Å². The first-order valence-corrected chi connectivity index (χ1v) is 17.0. The van der Waals surface area contributed by atoms with Gasteiger partial charge in [0.25, 0.3) is 0 Å². The Morgan fingerprint density at radius 1 is 1.04 bits per heavy atom. The van der Waals surface area contributed by atoms with Gasteiger partial charge in [0.1, 0.15) is 22.1 Å². The van der Waals surface area contributed by atoms with Gasteiger partial charge in [0.15, 0.2) is 28.8 Å². The van der Waals surface area contributed by atoms with Crippen LogP contribution in [0.25, 0.3) is 0 Å². The lowest BCUT2D eigenvalue weighted by Crippen LogP contribution is -2.53. The normalized spacial score (nSPS) is 26.1. The number of benzene rings is 2. The van der Waals surface area contributed by atoms with Gasteiger partial charge in [-0.1, -0.05) is 31.0 Å². The average molecular weight is 683 g/mol. The Morgan fingerprint density at radius 2 is 1.77 bits per heavy atom. The summed E-state index contributed by atoms with van der Waals surface area (Å²) in [5.41, 5.74) is -1.65. The van der Waals surface area contributed by atoms with E-state index in [2.05, 4.69) is 10.2 Å². The van der Waals surface area contributed by atoms with Crippen LogP contribution in [0.3, 0.4) is 0 Å². The minimum atomic E-state index is -2.00. The number of allylic oxidation sites excluding steroid dienone is 1. The van der Waals surface area contributed by atoms with Crippen molar-refractivity contribution in [1.82, 2.24) is 10.2 Å². The number of carbonyl (C=O) groups is 3. The number of carbonyl (C=O) groups excluding carboxylic acids is 3. The zero-order valence-electron chi connectivity index (χ0n) is 27.8. The van der Waals surface area contributed by atoms with Gasteiger partial charge in [0.05, 0.1) is 21.3 Å². The van der Waals surface area contributed by atoms with Gasteiger partial charge in [-0.3, -0.25) is 14.4 Å². The largest absolute Gasteiger partial charge is 0.507 e. The summed E-state index contributed by atoms with van der Waals surface area (Å²) in [5.74, 6) is -3.07. The number of piperidine rings is 2. The second-order valence-corrected chi connectivity index (χ2v) is 13.6. The maximum Gasteiger partial charge on any atom is 0.231 e. The Kier molecular flexibility index (Phi) is 9.55. The molecule has 2 aromatic carbocycles. The number of nitrogens with zero attached hydrogens (tertiary/aromatic N) is 1. The molecule has 0 radical (unpaired) electrons. The second-order valence-electron chi connectivity index (χ2n) is 13.3. The molecular weight excluding hydrogens is 640 g/mol. The molecule has 3 heterocycles. The van der Waals surface area contributed by atoms with Gasteiger partial charge >= 0.3 is 0 Å². The minimum Gasteiger partial charge on any atom is -0.507 e. The zero-order chi connectivity index (χ0) is 34.3. The molecule has 0 bridgehead atoms. The number of hydrogen-bond donors (Lipinski definition) is 3. The SMILES string of the molecule is COc1cc(C(CC(=O)NCC2CCCN3CCCCC23)C2=C(O)C3(Oc4c(Cl)c(OC)cc(OC)c4C3=O)C(C)CC2=O)ccc1O. The Hall–Kier alpha value is -3.96. The van der Waals surface area contributed by atoms with Gasteiger partial charge in [0.2, 0.25) is 17.3 Å². The van der Waals surface area contributed by atoms with Crippen molar-refractivity contribution in [3.05, 3.63) is 51.7 Å². The monoisotopic (exact) mass is 682 g/mol. The Morgan fingerprint density at radius 3 is 2.50 bits per heavy atom. The van der Waals surface area contributed by atoms with Crippen LogP contribution < -0.4 is 24.3 Å². The predicted octanol–water partition coefficient (Wildman–Crippen LogP) is 5.36. The molecule has 3 aliphatic heterocycles. The summed E-state index contributed by atoms with van der Waals surface area (Å²) in [6, 6.07) is 6.42. The average Bonchev–Trinajstić information content (AvgIpc) is 3.40. The van der Waals surface area contributed by atoms with Crippen molar-refractivity contribution in [2.45, 2.75) is 69.4 Å². The van der Waals surface area contributed by atoms with Crippen LogP contribution in [-0.4, -0.2) is 85.2 Å². The first kappa shape index (κ1) is 33.9. The van der Waals surface area contributed by atoms with E-state index >= 15 is 0 Å². The van der Waals surface area contributed by atoms with Gasteiger partial charge in [-0.25, -0.2) is 0 Å². The fraction of sp³-hybridized carbons (Fsp3) is 0.528. The molecule has 0 saturated carbocycles. The van der Waals surface area contributed by atoms with E-state index in [9.17, 15) is 24.6 Å². The highest BCUT2D eigenvalue weighted by Crippen LogP contribution is 2.56. The number of aliphatic hydroxyl groups is 1. The summed E-state index contributed by atoms with van der Waals surface area (Å²) in [5, 5.41) is 25.6. The van der Waals surface area contributed by atoms with E-state index in [1.807, 2.05) is 0 Å². The molecule has 11 nitrogen and oxygen atoms in total. The van der Waals surface area contributed by atoms with Crippen LogP contribution in [0.1, 0.15) is 73.7 Å². The molecule has 3 N–H and O–H groups in total. The number of phenolic OH excluding ortho intramolecular Hbond substituents is 1. The highest BCUT2D eigenvalue weighted by atomic mass is 35.5. The van der Waals surface area contributed by atoms with E-state index in [-0.39, 0.29) is 63.7 Å². The summed E-state index contributed by atoms with van der Waals surface area (Å²) in [7, 11) is 4.20. The van der Waals surface area contributed by atoms with E-state index in [1.165, 1.54) is 52.4 Å². The number of methoxy groups -OCH3 is 3. The fourth-order valence-electron chi connectivity index (χ4n) is 8.15. The summed E-state index contributed by atoms with van der Waals surface area (Å²) < 4.78 is 22.5. The van der Waals surface area contributed by atoms with Gasteiger partial charge in [-0.2, -0.15) is 0 Å². The van der Waals surface area contributed by atoms with Crippen LogP contribution in [0, 0.1) is 11.8 Å². The molecule has 5 unspecified atom stereocenters. The molecule has 4 aliphatic rings. The number of aliphatic hydroxyl groups excluding tert-OH is 1. The maximum absolute atomic E-state index is 14.4. The number of aromatic hydroxyl groups is 1. The third kappa shape index (κ3) is 5.64. The van der Waals surface area contributed by atoms with Gasteiger partial charge in [-0.05, 0) is 62.4 Å². The lowest BCUT2D eigenvalue weighted by molar-refractivity contribution is -0.122. The van der Waals surface area contributed by atoms with Crippen molar-refractivity contribution in [1.29, 1.82) is 0 Å². The van der Waals surface area contributed by atoms with Gasteiger partial charge in [-0.15, -0.1) is 0 Å². The number of amides is 1. The van der Waals surface area contributed by atoms with Crippen molar-refractivity contribution in [3.8, 4) is 28.7 Å². The first-order chi connectivity index (χ1) is 23.0. The summed E-state index contributed by atoms with van der Waals surface area (Å²) in [6.07, 6.45) is 5.25. The number of nitrogens with one attached hydrogen (secondary N) is 1. The van der Waals surface area contributed by atoms with Crippen LogP contribution in [0.2, 0.25) is 5.02 Å². The molecule has 2 aromatic rings. The fourth-order valence-corrected chi connectivity index (χ4v) is 8.42. The molecular formula is C36H43ClN2O9. The molecule has 6 rings (SSSR count). The second kappa shape index (κ2) is 13.5. The lowest BCUT2D eigenvalue weighted by atomic mass is 9.69. The highest BCUT2D eigenvalue weighted by molar-refractivity contribution is 6.35. The summed E-state index contributed by atoms with van der Waals surface area (Å²) >= 11 is 6.61. The first-order valence-electron chi connectivity index (χ1n) is 16.6. The topological polar surface area (TPSA) is 144 Å². The smallest absolute Gasteiger partial charge is 0.231 e. The van der Waals surface area contributed by atoms with Gasteiger partial charge in [0, 0.05) is 48.9 Å². The summed E-state index contributed by atoms with van der Waals surface area (Å²) in [6.45, 7) is 4.33. The van der Waals surface area contributed by atoms with Crippen LogP contribution >= 0.6 is 11.6 Å². The number of phenols is 1. The van der Waals surface area contributed by atoms with E-state index in [0.717, 1.165) is 32.4 Å². The van der Waals surface area contributed by atoms with E-state index in [0.29, 0.717) is 24.1 Å². The third-order valence-electron chi connectivity index (χ3n) is 10.6. The molecule has 0 aromatic heterocycles. The number of hydrogen-bond acceptors (Lipinski definition) is 10. The van der Waals surface area contributed by atoms with Crippen LogP contribution in [-0.2, 0) is 9.59 Å².